The maximum atomic E-state index is 5.39. The van der Waals surface area contributed by atoms with E-state index in [0.29, 0.717) is 0 Å². The topological polar surface area (TPSA) is 37.2 Å². The molecule has 3 rings (SSSR count). The third-order valence-corrected chi connectivity index (χ3v) is 2.64. The zero-order valence-corrected chi connectivity index (χ0v) is 8.23. The summed E-state index contributed by atoms with van der Waals surface area (Å²) in [7, 11) is 0. The summed E-state index contributed by atoms with van der Waals surface area (Å²) in [5.74, 6) is 0.969. The van der Waals surface area contributed by atoms with Crippen LogP contribution in [0.15, 0.2) is 47.1 Å². The van der Waals surface area contributed by atoms with Crippen LogP contribution < -0.4 is 10.6 Å². The Labute approximate surface area is 88.1 Å². The Morgan fingerprint density at radius 3 is 2.73 bits per heavy atom. The molecular weight excluding hydrogens is 188 g/mol. The number of para-hydroxylation sites is 2. The third-order valence-electron chi connectivity index (χ3n) is 2.64. The molecule has 1 aromatic carbocycles. The summed E-state index contributed by atoms with van der Waals surface area (Å²) in [5.41, 5.74) is 2.28. The molecule has 0 unspecified atom stereocenters. The molecule has 0 amide bonds. The Balaban J connectivity index is 1.89. The summed E-state index contributed by atoms with van der Waals surface area (Å²) in [6.45, 7) is 0.852. The van der Waals surface area contributed by atoms with Gasteiger partial charge in [0, 0.05) is 6.54 Å². The van der Waals surface area contributed by atoms with Gasteiger partial charge < -0.3 is 15.1 Å². The second-order valence-corrected chi connectivity index (χ2v) is 3.64. The van der Waals surface area contributed by atoms with Crippen LogP contribution in [0.1, 0.15) is 11.8 Å². The first kappa shape index (κ1) is 8.41. The van der Waals surface area contributed by atoms with Crippen molar-refractivity contribution >= 4 is 11.4 Å². The molecule has 0 aliphatic carbocycles. The fraction of sp³-hybridized carbons (Fsp3) is 0.167. The number of anilines is 2. The van der Waals surface area contributed by atoms with Crippen LogP contribution in [0.5, 0.6) is 0 Å². The quantitative estimate of drug-likeness (QED) is 0.743. The number of hydrogen-bond acceptors (Lipinski definition) is 3. The van der Waals surface area contributed by atoms with Crippen molar-refractivity contribution in [3.8, 4) is 0 Å². The Morgan fingerprint density at radius 1 is 1.07 bits per heavy atom. The first-order valence-electron chi connectivity index (χ1n) is 5.06. The number of nitrogens with one attached hydrogen (secondary N) is 2. The minimum Gasteiger partial charge on any atom is -0.467 e. The summed E-state index contributed by atoms with van der Waals surface area (Å²) in [4.78, 5) is 0. The zero-order chi connectivity index (χ0) is 10.1. The van der Waals surface area contributed by atoms with E-state index in [2.05, 4.69) is 22.8 Å². The highest BCUT2D eigenvalue weighted by Gasteiger charge is 2.19. The smallest absolute Gasteiger partial charge is 0.127 e. The predicted molar refractivity (Wildman–Crippen MR) is 60.0 cm³/mol. The lowest BCUT2D eigenvalue weighted by atomic mass is 10.1. The molecule has 1 aliphatic rings. The summed E-state index contributed by atoms with van der Waals surface area (Å²) < 4.78 is 5.39. The van der Waals surface area contributed by atoms with Crippen molar-refractivity contribution in [2.24, 2.45) is 0 Å². The van der Waals surface area contributed by atoms with Gasteiger partial charge in [-0.25, -0.2) is 0 Å². The lowest BCUT2D eigenvalue weighted by Crippen LogP contribution is -2.25. The second kappa shape index (κ2) is 3.35. The molecule has 15 heavy (non-hydrogen) atoms. The lowest BCUT2D eigenvalue weighted by molar-refractivity contribution is 0.483. The highest BCUT2D eigenvalue weighted by molar-refractivity contribution is 5.71. The lowest BCUT2D eigenvalue weighted by Gasteiger charge is -2.26. The Bertz CT molecular complexity index is 450. The SMILES string of the molecule is c1coc([C@H]2CNc3ccccc3N2)c1. The van der Waals surface area contributed by atoms with E-state index in [-0.39, 0.29) is 6.04 Å². The van der Waals surface area contributed by atoms with Crippen molar-refractivity contribution in [1.82, 2.24) is 0 Å². The molecule has 0 spiro atoms. The molecule has 76 valence electrons. The summed E-state index contributed by atoms with van der Waals surface area (Å²) >= 11 is 0. The molecule has 3 nitrogen and oxygen atoms in total. The molecule has 0 saturated heterocycles. The standard InChI is InChI=1S/C12H12N2O/c1-2-5-10-9(4-1)13-8-11(14-10)12-6-3-7-15-12/h1-7,11,13-14H,8H2/t11-/m1/s1. The maximum Gasteiger partial charge on any atom is 0.127 e. The minimum absolute atomic E-state index is 0.217. The summed E-state index contributed by atoms with van der Waals surface area (Å²) in [6, 6.07) is 12.3. The van der Waals surface area contributed by atoms with Crippen LogP contribution in [0.4, 0.5) is 11.4 Å². The first-order chi connectivity index (χ1) is 7.43. The molecule has 2 N–H and O–H groups in total. The van der Waals surface area contributed by atoms with Gasteiger partial charge >= 0.3 is 0 Å². The van der Waals surface area contributed by atoms with Gasteiger partial charge in [-0.3, -0.25) is 0 Å². The average Bonchev–Trinajstić information content (AvgIpc) is 2.82. The van der Waals surface area contributed by atoms with Crippen LogP contribution >= 0.6 is 0 Å². The van der Waals surface area contributed by atoms with Gasteiger partial charge in [-0.2, -0.15) is 0 Å². The number of benzene rings is 1. The molecule has 2 aromatic rings. The van der Waals surface area contributed by atoms with Crippen LogP contribution in [-0.4, -0.2) is 6.54 Å². The van der Waals surface area contributed by atoms with Crippen molar-refractivity contribution in [3.63, 3.8) is 0 Å². The molecule has 0 fully saturated rings. The highest BCUT2D eigenvalue weighted by atomic mass is 16.3. The van der Waals surface area contributed by atoms with Crippen LogP contribution in [0.2, 0.25) is 0 Å². The van der Waals surface area contributed by atoms with E-state index in [0.717, 1.165) is 23.7 Å². The minimum atomic E-state index is 0.217. The van der Waals surface area contributed by atoms with Crippen LogP contribution in [0.25, 0.3) is 0 Å². The van der Waals surface area contributed by atoms with Gasteiger partial charge in [0.15, 0.2) is 0 Å². The van der Waals surface area contributed by atoms with E-state index in [9.17, 15) is 0 Å². The molecule has 3 heteroatoms. The van der Waals surface area contributed by atoms with Gasteiger partial charge in [-0.1, -0.05) is 12.1 Å². The first-order valence-corrected chi connectivity index (χ1v) is 5.06. The normalized spacial score (nSPS) is 18.8. The highest BCUT2D eigenvalue weighted by Crippen LogP contribution is 2.30. The van der Waals surface area contributed by atoms with E-state index in [4.69, 9.17) is 4.42 Å². The van der Waals surface area contributed by atoms with Gasteiger partial charge in [0.25, 0.3) is 0 Å². The van der Waals surface area contributed by atoms with Crippen molar-refractivity contribution in [1.29, 1.82) is 0 Å². The van der Waals surface area contributed by atoms with Gasteiger partial charge in [0.05, 0.1) is 17.6 Å². The Kier molecular flexibility index (Phi) is 1.88. The van der Waals surface area contributed by atoms with Gasteiger partial charge in [-0.15, -0.1) is 0 Å². The Morgan fingerprint density at radius 2 is 1.93 bits per heavy atom. The molecular formula is C12H12N2O. The largest absolute Gasteiger partial charge is 0.467 e. The fourth-order valence-electron chi connectivity index (χ4n) is 1.88. The molecule has 0 saturated carbocycles. The van der Waals surface area contributed by atoms with Crippen LogP contribution in [0, 0.1) is 0 Å². The van der Waals surface area contributed by atoms with Gasteiger partial charge in [-0.05, 0) is 24.3 Å². The van der Waals surface area contributed by atoms with Crippen LogP contribution in [0.3, 0.4) is 0 Å². The van der Waals surface area contributed by atoms with Crippen molar-refractivity contribution in [3.05, 3.63) is 48.4 Å². The molecule has 0 bridgehead atoms. The third kappa shape index (κ3) is 1.46. The van der Waals surface area contributed by atoms with E-state index in [1.165, 1.54) is 0 Å². The second-order valence-electron chi connectivity index (χ2n) is 3.64. The molecule has 2 heterocycles. The molecule has 1 aromatic heterocycles. The average molecular weight is 200 g/mol. The van der Waals surface area contributed by atoms with Crippen LogP contribution in [-0.2, 0) is 0 Å². The number of fused-ring (bicyclic) bond motifs is 1. The summed E-state index contributed by atoms with van der Waals surface area (Å²) in [6.07, 6.45) is 1.71. The van der Waals surface area contributed by atoms with Gasteiger partial charge in [0.2, 0.25) is 0 Å². The fourth-order valence-corrected chi connectivity index (χ4v) is 1.88. The predicted octanol–water partition coefficient (Wildman–Crippen LogP) is 2.86. The molecule has 0 radical (unpaired) electrons. The van der Waals surface area contributed by atoms with E-state index < -0.39 is 0 Å². The number of rotatable bonds is 1. The van der Waals surface area contributed by atoms with E-state index >= 15 is 0 Å². The van der Waals surface area contributed by atoms with E-state index in [1.807, 2.05) is 24.3 Å². The summed E-state index contributed by atoms with van der Waals surface area (Å²) in [5, 5.41) is 6.82. The van der Waals surface area contributed by atoms with Crippen molar-refractivity contribution in [2.75, 3.05) is 17.2 Å². The Hall–Kier alpha value is -1.90. The number of furan rings is 1. The molecule has 1 atom stereocenters. The zero-order valence-electron chi connectivity index (χ0n) is 8.23. The van der Waals surface area contributed by atoms with Crippen molar-refractivity contribution in [2.45, 2.75) is 6.04 Å². The van der Waals surface area contributed by atoms with Gasteiger partial charge in [0.1, 0.15) is 11.8 Å². The molecule has 1 aliphatic heterocycles. The number of hydrogen-bond donors (Lipinski definition) is 2. The van der Waals surface area contributed by atoms with E-state index in [1.54, 1.807) is 6.26 Å². The monoisotopic (exact) mass is 200 g/mol. The maximum absolute atomic E-state index is 5.39. The van der Waals surface area contributed by atoms with Crippen molar-refractivity contribution < 1.29 is 4.42 Å².